The Kier molecular flexibility index (Phi) is 2.74. The smallest absolute Gasteiger partial charge is 0.314 e. The van der Waals surface area contributed by atoms with E-state index in [0.29, 0.717) is 17.9 Å². The van der Waals surface area contributed by atoms with Crippen LogP contribution in [0.3, 0.4) is 0 Å². The highest BCUT2D eigenvalue weighted by Crippen LogP contribution is 2.49. The SMILES string of the molecule is CC(C)(C)c1ccc(C2(C(=O)O)CC2)cc1Cl. The number of rotatable bonds is 2. The Hall–Kier alpha value is -1.02. The predicted octanol–water partition coefficient (Wildman–Crippen LogP) is 3.75. The van der Waals surface area contributed by atoms with E-state index >= 15 is 0 Å². The molecule has 0 radical (unpaired) electrons. The topological polar surface area (TPSA) is 37.3 Å². The second-order valence-electron chi connectivity index (χ2n) is 5.83. The summed E-state index contributed by atoms with van der Waals surface area (Å²) in [6.07, 6.45) is 1.43. The summed E-state index contributed by atoms with van der Waals surface area (Å²) in [5.74, 6) is -0.739. The number of hydrogen-bond acceptors (Lipinski definition) is 1. The van der Waals surface area contributed by atoms with E-state index in [2.05, 4.69) is 20.8 Å². The van der Waals surface area contributed by atoms with Crippen molar-refractivity contribution in [2.45, 2.75) is 44.4 Å². The van der Waals surface area contributed by atoms with Gasteiger partial charge in [-0.25, -0.2) is 0 Å². The molecule has 2 nitrogen and oxygen atoms in total. The van der Waals surface area contributed by atoms with Crippen molar-refractivity contribution < 1.29 is 9.90 Å². The van der Waals surface area contributed by atoms with Gasteiger partial charge < -0.3 is 5.11 Å². The molecule has 1 aliphatic rings. The van der Waals surface area contributed by atoms with Crippen LogP contribution >= 0.6 is 11.6 Å². The molecule has 0 aliphatic heterocycles. The molecule has 0 amide bonds. The molecule has 1 aromatic rings. The van der Waals surface area contributed by atoms with E-state index in [4.69, 9.17) is 11.6 Å². The van der Waals surface area contributed by atoms with Gasteiger partial charge in [-0.2, -0.15) is 0 Å². The number of halogens is 1. The molecule has 92 valence electrons. The molecule has 0 unspecified atom stereocenters. The Morgan fingerprint density at radius 2 is 1.94 bits per heavy atom. The minimum atomic E-state index is -0.739. The summed E-state index contributed by atoms with van der Waals surface area (Å²) in [5, 5.41) is 9.90. The molecule has 2 rings (SSSR count). The first kappa shape index (κ1) is 12.4. The Bertz CT molecular complexity index is 468. The quantitative estimate of drug-likeness (QED) is 0.870. The molecule has 1 N–H and O–H groups in total. The number of aliphatic carboxylic acids is 1. The highest BCUT2D eigenvalue weighted by molar-refractivity contribution is 6.31. The van der Waals surface area contributed by atoms with E-state index in [1.165, 1.54) is 0 Å². The summed E-state index contributed by atoms with van der Waals surface area (Å²) < 4.78 is 0. The van der Waals surface area contributed by atoms with Gasteiger partial charge in [0.05, 0.1) is 5.41 Å². The largest absolute Gasteiger partial charge is 0.481 e. The van der Waals surface area contributed by atoms with Crippen LogP contribution in [0.25, 0.3) is 0 Å². The third-order valence-corrected chi connectivity index (χ3v) is 3.80. The number of hydrogen-bond donors (Lipinski definition) is 1. The van der Waals surface area contributed by atoms with Gasteiger partial charge in [0.25, 0.3) is 0 Å². The maximum absolute atomic E-state index is 11.2. The average molecular weight is 253 g/mol. The second-order valence-corrected chi connectivity index (χ2v) is 6.24. The molecular formula is C14H17ClO2. The van der Waals surface area contributed by atoms with Crippen molar-refractivity contribution in [3.8, 4) is 0 Å². The van der Waals surface area contributed by atoms with Gasteiger partial charge in [0.2, 0.25) is 0 Å². The lowest BCUT2D eigenvalue weighted by atomic mass is 9.85. The highest BCUT2D eigenvalue weighted by atomic mass is 35.5. The molecule has 0 heterocycles. The van der Waals surface area contributed by atoms with E-state index in [1.54, 1.807) is 0 Å². The zero-order chi connectivity index (χ0) is 12.8. The third kappa shape index (κ3) is 2.06. The fourth-order valence-corrected chi connectivity index (χ4v) is 2.64. The average Bonchev–Trinajstić information content (AvgIpc) is 2.95. The van der Waals surface area contributed by atoms with Gasteiger partial charge in [0.15, 0.2) is 0 Å². The van der Waals surface area contributed by atoms with Crippen molar-refractivity contribution in [2.75, 3.05) is 0 Å². The fraction of sp³-hybridized carbons (Fsp3) is 0.500. The summed E-state index contributed by atoms with van der Waals surface area (Å²) >= 11 is 6.26. The van der Waals surface area contributed by atoms with Gasteiger partial charge in [-0.05, 0) is 35.4 Å². The normalized spacial score (nSPS) is 17.9. The van der Waals surface area contributed by atoms with Gasteiger partial charge in [-0.3, -0.25) is 4.79 Å². The van der Waals surface area contributed by atoms with Crippen LogP contribution in [0.4, 0.5) is 0 Å². The van der Waals surface area contributed by atoms with E-state index < -0.39 is 11.4 Å². The second kappa shape index (κ2) is 3.74. The lowest BCUT2D eigenvalue weighted by molar-refractivity contribution is -0.140. The van der Waals surface area contributed by atoms with Gasteiger partial charge in [0.1, 0.15) is 0 Å². The van der Waals surface area contributed by atoms with E-state index in [1.807, 2.05) is 18.2 Å². The lowest BCUT2D eigenvalue weighted by Gasteiger charge is -2.22. The molecule has 1 fully saturated rings. The van der Waals surface area contributed by atoms with Crippen LogP contribution in [0.1, 0.15) is 44.7 Å². The van der Waals surface area contributed by atoms with Gasteiger partial charge >= 0.3 is 5.97 Å². The van der Waals surface area contributed by atoms with Crippen molar-refractivity contribution in [1.82, 2.24) is 0 Å². The summed E-state index contributed by atoms with van der Waals surface area (Å²) in [4.78, 5) is 11.2. The van der Waals surface area contributed by atoms with E-state index in [9.17, 15) is 9.90 Å². The molecule has 17 heavy (non-hydrogen) atoms. The molecule has 0 spiro atoms. The van der Waals surface area contributed by atoms with Crippen LogP contribution in [-0.4, -0.2) is 11.1 Å². The van der Waals surface area contributed by atoms with Gasteiger partial charge in [0, 0.05) is 5.02 Å². The number of carbonyl (C=O) groups is 1. The summed E-state index contributed by atoms with van der Waals surface area (Å²) in [6, 6.07) is 5.69. The first-order chi connectivity index (χ1) is 7.77. The van der Waals surface area contributed by atoms with Gasteiger partial charge in [-0.1, -0.05) is 44.5 Å². The standard InChI is InChI=1S/C14H17ClO2/c1-13(2,3)10-5-4-9(8-11(10)15)14(6-7-14)12(16)17/h4-5,8H,6-7H2,1-3H3,(H,16,17). The van der Waals surface area contributed by atoms with Crippen LogP contribution in [0.5, 0.6) is 0 Å². The van der Waals surface area contributed by atoms with Crippen molar-refractivity contribution in [1.29, 1.82) is 0 Å². The Balaban J connectivity index is 2.42. The minimum absolute atomic E-state index is 0.0183. The van der Waals surface area contributed by atoms with Crippen molar-refractivity contribution in [3.63, 3.8) is 0 Å². The Morgan fingerprint density at radius 1 is 1.35 bits per heavy atom. The molecule has 0 saturated heterocycles. The third-order valence-electron chi connectivity index (χ3n) is 3.49. The first-order valence-corrected chi connectivity index (χ1v) is 6.19. The highest BCUT2D eigenvalue weighted by Gasteiger charge is 2.51. The van der Waals surface area contributed by atoms with Crippen LogP contribution in [0, 0.1) is 0 Å². The predicted molar refractivity (Wildman–Crippen MR) is 68.7 cm³/mol. The molecular weight excluding hydrogens is 236 g/mol. The summed E-state index contributed by atoms with van der Waals surface area (Å²) in [5.41, 5.74) is 1.21. The van der Waals surface area contributed by atoms with Crippen LogP contribution in [-0.2, 0) is 15.6 Å². The lowest BCUT2D eigenvalue weighted by Crippen LogP contribution is -2.20. The maximum atomic E-state index is 11.2. The zero-order valence-corrected chi connectivity index (χ0v) is 11.1. The Morgan fingerprint density at radius 3 is 2.29 bits per heavy atom. The number of benzene rings is 1. The Labute approximate surface area is 107 Å². The molecule has 1 saturated carbocycles. The van der Waals surface area contributed by atoms with E-state index in [-0.39, 0.29) is 5.41 Å². The molecule has 0 aromatic heterocycles. The first-order valence-electron chi connectivity index (χ1n) is 5.81. The van der Waals surface area contributed by atoms with Crippen LogP contribution in [0.2, 0.25) is 5.02 Å². The molecule has 1 aromatic carbocycles. The summed E-state index contributed by atoms with van der Waals surface area (Å²) in [6.45, 7) is 6.29. The van der Waals surface area contributed by atoms with Crippen molar-refractivity contribution >= 4 is 17.6 Å². The van der Waals surface area contributed by atoms with Crippen molar-refractivity contribution in [3.05, 3.63) is 34.3 Å². The minimum Gasteiger partial charge on any atom is -0.481 e. The molecule has 3 heteroatoms. The fourth-order valence-electron chi connectivity index (χ4n) is 2.17. The van der Waals surface area contributed by atoms with Crippen LogP contribution in [0.15, 0.2) is 18.2 Å². The zero-order valence-electron chi connectivity index (χ0n) is 10.4. The maximum Gasteiger partial charge on any atom is 0.314 e. The summed E-state index contributed by atoms with van der Waals surface area (Å²) in [7, 11) is 0. The molecule has 0 bridgehead atoms. The molecule has 0 atom stereocenters. The van der Waals surface area contributed by atoms with Crippen molar-refractivity contribution in [2.24, 2.45) is 0 Å². The molecule has 1 aliphatic carbocycles. The van der Waals surface area contributed by atoms with E-state index in [0.717, 1.165) is 11.1 Å². The number of carboxylic acids is 1. The van der Waals surface area contributed by atoms with Gasteiger partial charge in [-0.15, -0.1) is 0 Å². The monoisotopic (exact) mass is 252 g/mol. The number of carboxylic acid groups (broad SMARTS) is 1. The van der Waals surface area contributed by atoms with Crippen LogP contribution < -0.4 is 0 Å².